The van der Waals surface area contributed by atoms with Gasteiger partial charge in [0.2, 0.25) is 0 Å². The van der Waals surface area contributed by atoms with E-state index in [2.05, 4.69) is 0 Å². The van der Waals surface area contributed by atoms with Crippen LogP contribution < -0.4 is 10.5 Å². The number of likely N-dealkylation sites (tertiary alicyclic amines) is 1. The maximum atomic E-state index is 14.3. The zero-order valence-corrected chi connectivity index (χ0v) is 14.5. The summed E-state index contributed by atoms with van der Waals surface area (Å²) in [5.41, 5.74) is 6.00. The minimum atomic E-state index is -0.572. The average Bonchev–Trinajstić information content (AvgIpc) is 2.64. The van der Waals surface area contributed by atoms with Crippen molar-refractivity contribution >= 4 is 17.5 Å². The first-order valence-corrected chi connectivity index (χ1v) is 8.67. The normalized spacial score (nSPS) is 15.2. The van der Waals surface area contributed by atoms with Crippen molar-refractivity contribution in [3.8, 4) is 11.5 Å². The number of benzene rings is 2. The SMILES string of the molecule is NCC1CCN(C(=O)c2ccc(Oc3ccc(Cl)cc3)c(F)c2)CC1. The van der Waals surface area contributed by atoms with Gasteiger partial charge in [0.1, 0.15) is 5.75 Å². The van der Waals surface area contributed by atoms with E-state index in [4.69, 9.17) is 22.1 Å². The minimum absolute atomic E-state index is 0.0701. The highest BCUT2D eigenvalue weighted by atomic mass is 35.5. The van der Waals surface area contributed by atoms with Gasteiger partial charge in [0.25, 0.3) is 5.91 Å². The maximum Gasteiger partial charge on any atom is 0.253 e. The molecule has 2 N–H and O–H groups in total. The van der Waals surface area contributed by atoms with Crippen LogP contribution >= 0.6 is 11.6 Å². The lowest BCUT2D eigenvalue weighted by molar-refractivity contribution is 0.0693. The van der Waals surface area contributed by atoms with Gasteiger partial charge in [-0.25, -0.2) is 4.39 Å². The number of carbonyl (C=O) groups excluding carboxylic acids is 1. The fourth-order valence-electron chi connectivity index (χ4n) is 2.90. The number of nitrogens with two attached hydrogens (primary N) is 1. The highest BCUT2D eigenvalue weighted by molar-refractivity contribution is 6.30. The Kier molecular flexibility index (Phi) is 5.56. The van der Waals surface area contributed by atoms with Crippen LogP contribution in [0.5, 0.6) is 11.5 Å². The first-order chi connectivity index (χ1) is 12.1. The molecule has 0 unspecified atom stereocenters. The van der Waals surface area contributed by atoms with Crippen LogP contribution in [-0.4, -0.2) is 30.4 Å². The highest BCUT2D eigenvalue weighted by Crippen LogP contribution is 2.27. The molecule has 0 aliphatic carbocycles. The van der Waals surface area contributed by atoms with Crippen LogP contribution in [0.3, 0.4) is 0 Å². The number of piperidine rings is 1. The van der Waals surface area contributed by atoms with E-state index >= 15 is 0 Å². The Balaban J connectivity index is 1.69. The van der Waals surface area contributed by atoms with E-state index in [1.54, 1.807) is 35.2 Å². The van der Waals surface area contributed by atoms with Crippen molar-refractivity contribution in [2.24, 2.45) is 11.7 Å². The van der Waals surface area contributed by atoms with Crippen LogP contribution in [0.4, 0.5) is 4.39 Å². The summed E-state index contributed by atoms with van der Waals surface area (Å²) in [5, 5.41) is 0.576. The van der Waals surface area contributed by atoms with Crippen LogP contribution in [0.25, 0.3) is 0 Å². The third-order valence-corrected chi connectivity index (χ3v) is 4.71. The molecule has 0 radical (unpaired) electrons. The lowest BCUT2D eigenvalue weighted by Gasteiger charge is -2.31. The second kappa shape index (κ2) is 7.85. The van der Waals surface area contributed by atoms with Gasteiger partial charge in [-0.15, -0.1) is 0 Å². The minimum Gasteiger partial charge on any atom is -0.454 e. The van der Waals surface area contributed by atoms with Gasteiger partial charge < -0.3 is 15.4 Å². The summed E-state index contributed by atoms with van der Waals surface area (Å²) >= 11 is 5.81. The topological polar surface area (TPSA) is 55.6 Å². The van der Waals surface area contributed by atoms with Gasteiger partial charge in [-0.2, -0.15) is 0 Å². The first kappa shape index (κ1) is 17.7. The van der Waals surface area contributed by atoms with Crippen molar-refractivity contribution in [1.82, 2.24) is 4.90 Å². The molecule has 0 saturated carbocycles. The summed E-state index contributed by atoms with van der Waals surface area (Å²) in [6.45, 7) is 1.96. The second-order valence-electron chi connectivity index (χ2n) is 6.17. The predicted octanol–water partition coefficient (Wildman–Crippen LogP) is 4.08. The van der Waals surface area contributed by atoms with E-state index in [0.717, 1.165) is 12.8 Å². The zero-order valence-electron chi connectivity index (χ0n) is 13.8. The number of hydrogen-bond acceptors (Lipinski definition) is 3. The molecule has 1 aliphatic heterocycles. The van der Waals surface area contributed by atoms with Gasteiger partial charge in [-0.05, 0) is 67.8 Å². The third-order valence-electron chi connectivity index (χ3n) is 4.46. The molecule has 1 heterocycles. The van der Waals surface area contributed by atoms with Gasteiger partial charge in [0, 0.05) is 23.7 Å². The fraction of sp³-hybridized carbons (Fsp3) is 0.316. The zero-order chi connectivity index (χ0) is 17.8. The Labute approximate surface area is 151 Å². The quantitative estimate of drug-likeness (QED) is 0.891. The molecule has 1 fully saturated rings. The Morgan fingerprint density at radius 1 is 1.20 bits per heavy atom. The van der Waals surface area contributed by atoms with Gasteiger partial charge in [-0.3, -0.25) is 4.79 Å². The molecular formula is C19H20ClFN2O2. The lowest BCUT2D eigenvalue weighted by atomic mass is 9.96. The van der Waals surface area contributed by atoms with Gasteiger partial charge in [0.05, 0.1) is 0 Å². The van der Waals surface area contributed by atoms with Crippen molar-refractivity contribution in [3.63, 3.8) is 0 Å². The summed E-state index contributed by atoms with van der Waals surface area (Å²) in [6.07, 6.45) is 1.78. The second-order valence-corrected chi connectivity index (χ2v) is 6.61. The van der Waals surface area contributed by atoms with Crippen molar-refractivity contribution in [2.75, 3.05) is 19.6 Å². The smallest absolute Gasteiger partial charge is 0.253 e. The van der Waals surface area contributed by atoms with Gasteiger partial charge in [0.15, 0.2) is 11.6 Å². The lowest BCUT2D eigenvalue weighted by Crippen LogP contribution is -2.40. The molecule has 0 aromatic heterocycles. The van der Waals surface area contributed by atoms with E-state index in [-0.39, 0.29) is 11.7 Å². The molecule has 1 aliphatic rings. The van der Waals surface area contributed by atoms with Crippen LogP contribution in [0, 0.1) is 11.7 Å². The van der Waals surface area contributed by atoms with E-state index in [9.17, 15) is 9.18 Å². The molecule has 0 bridgehead atoms. The molecule has 1 saturated heterocycles. The Morgan fingerprint density at radius 2 is 1.88 bits per heavy atom. The third kappa shape index (κ3) is 4.30. The Morgan fingerprint density at radius 3 is 2.48 bits per heavy atom. The average molecular weight is 363 g/mol. The number of ether oxygens (including phenoxy) is 1. The molecule has 0 spiro atoms. The maximum absolute atomic E-state index is 14.3. The number of carbonyl (C=O) groups is 1. The van der Waals surface area contributed by atoms with Crippen LogP contribution in [-0.2, 0) is 0 Å². The van der Waals surface area contributed by atoms with E-state index < -0.39 is 5.82 Å². The Bertz CT molecular complexity index is 744. The molecule has 6 heteroatoms. The number of halogens is 2. The van der Waals surface area contributed by atoms with Crippen LogP contribution in [0.15, 0.2) is 42.5 Å². The van der Waals surface area contributed by atoms with Crippen molar-refractivity contribution in [3.05, 3.63) is 58.9 Å². The molecule has 4 nitrogen and oxygen atoms in total. The largest absolute Gasteiger partial charge is 0.454 e. The molecular weight excluding hydrogens is 343 g/mol. The van der Waals surface area contributed by atoms with Crippen LogP contribution in [0.2, 0.25) is 5.02 Å². The van der Waals surface area contributed by atoms with Crippen LogP contribution in [0.1, 0.15) is 23.2 Å². The first-order valence-electron chi connectivity index (χ1n) is 8.29. The van der Waals surface area contributed by atoms with Crippen molar-refractivity contribution in [2.45, 2.75) is 12.8 Å². The van der Waals surface area contributed by atoms with E-state index in [0.29, 0.717) is 41.9 Å². The van der Waals surface area contributed by atoms with Gasteiger partial charge in [-0.1, -0.05) is 11.6 Å². The van der Waals surface area contributed by atoms with Crippen molar-refractivity contribution in [1.29, 1.82) is 0 Å². The fourth-order valence-corrected chi connectivity index (χ4v) is 3.03. The van der Waals surface area contributed by atoms with E-state index in [1.807, 2.05) is 0 Å². The highest BCUT2D eigenvalue weighted by Gasteiger charge is 2.23. The number of rotatable bonds is 4. The van der Waals surface area contributed by atoms with Gasteiger partial charge >= 0.3 is 0 Å². The molecule has 25 heavy (non-hydrogen) atoms. The molecule has 0 atom stereocenters. The summed E-state index contributed by atoms with van der Waals surface area (Å²) in [4.78, 5) is 14.3. The summed E-state index contributed by atoms with van der Waals surface area (Å²) < 4.78 is 19.8. The number of nitrogens with zero attached hydrogens (tertiary/aromatic N) is 1. The summed E-state index contributed by atoms with van der Waals surface area (Å²) in [7, 11) is 0. The number of hydrogen-bond donors (Lipinski definition) is 1. The molecule has 1 amide bonds. The monoisotopic (exact) mass is 362 g/mol. The molecule has 2 aromatic carbocycles. The van der Waals surface area contributed by atoms with Crippen molar-refractivity contribution < 1.29 is 13.9 Å². The molecule has 3 rings (SSSR count). The Hall–Kier alpha value is -2.11. The summed E-state index contributed by atoms with van der Waals surface area (Å²) in [5.74, 6) is 0.285. The molecule has 132 valence electrons. The summed E-state index contributed by atoms with van der Waals surface area (Å²) in [6, 6.07) is 10.9. The van der Waals surface area contributed by atoms with E-state index in [1.165, 1.54) is 12.1 Å². The predicted molar refractivity (Wildman–Crippen MR) is 95.6 cm³/mol. The molecule has 2 aromatic rings. The standard InChI is InChI=1S/C19H20ClFN2O2/c20-15-2-4-16(5-3-15)25-18-6-1-14(11-17(18)21)19(24)23-9-7-13(12-22)8-10-23/h1-6,11,13H,7-10,12,22H2. The number of amides is 1.